The SMILES string of the molecule is CCCCC(=O)N(C)Cc1nc2ccccc2c(=O)[nH]1. The Balaban J connectivity index is 2.17. The van der Waals surface area contributed by atoms with Gasteiger partial charge < -0.3 is 9.88 Å². The average molecular weight is 273 g/mol. The zero-order valence-corrected chi connectivity index (χ0v) is 11.8. The minimum absolute atomic E-state index is 0.0719. The fourth-order valence-corrected chi connectivity index (χ4v) is 2.04. The number of carbonyl (C=O) groups is 1. The van der Waals surface area contributed by atoms with Gasteiger partial charge >= 0.3 is 0 Å². The summed E-state index contributed by atoms with van der Waals surface area (Å²) < 4.78 is 0. The largest absolute Gasteiger partial charge is 0.338 e. The summed E-state index contributed by atoms with van der Waals surface area (Å²) in [6.07, 6.45) is 2.40. The summed E-state index contributed by atoms with van der Waals surface area (Å²) >= 11 is 0. The predicted molar refractivity (Wildman–Crippen MR) is 78.4 cm³/mol. The molecule has 1 aromatic heterocycles. The van der Waals surface area contributed by atoms with Gasteiger partial charge in [-0.25, -0.2) is 4.98 Å². The van der Waals surface area contributed by atoms with Gasteiger partial charge in [-0.1, -0.05) is 25.5 Å². The first kappa shape index (κ1) is 14.2. The van der Waals surface area contributed by atoms with Gasteiger partial charge in [-0.05, 0) is 18.6 Å². The first-order chi connectivity index (χ1) is 9.61. The van der Waals surface area contributed by atoms with Crippen molar-refractivity contribution in [2.45, 2.75) is 32.7 Å². The quantitative estimate of drug-likeness (QED) is 0.907. The molecule has 0 saturated heterocycles. The molecule has 20 heavy (non-hydrogen) atoms. The number of aromatic nitrogens is 2. The number of hydrogen-bond acceptors (Lipinski definition) is 3. The van der Waals surface area contributed by atoms with Gasteiger partial charge in [-0.2, -0.15) is 0 Å². The van der Waals surface area contributed by atoms with Gasteiger partial charge in [-0.3, -0.25) is 9.59 Å². The molecule has 1 heterocycles. The number of fused-ring (bicyclic) bond motifs is 1. The lowest BCUT2D eigenvalue weighted by molar-refractivity contribution is -0.130. The fraction of sp³-hybridized carbons (Fsp3) is 0.400. The Kier molecular flexibility index (Phi) is 4.50. The van der Waals surface area contributed by atoms with Crippen molar-refractivity contribution in [3.05, 3.63) is 40.4 Å². The van der Waals surface area contributed by atoms with E-state index in [1.165, 1.54) is 0 Å². The van der Waals surface area contributed by atoms with Crippen LogP contribution in [0.15, 0.2) is 29.1 Å². The molecule has 2 aromatic rings. The van der Waals surface area contributed by atoms with Gasteiger partial charge in [0.05, 0.1) is 17.4 Å². The Morgan fingerprint density at radius 1 is 1.35 bits per heavy atom. The van der Waals surface area contributed by atoms with E-state index < -0.39 is 0 Å². The van der Waals surface area contributed by atoms with Gasteiger partial charge in [0.25, 0.3) is 5.56 Å². The van der Waals surface area contributed by atoms with E-state index in [0.717, 1.165) is 12.8 Å². The van der Waals surface area contributed by atoms with Gasteiger partial charge in [0.2, 0.25) is 5.91 Å². The molecule has 0 aliphatic carbocycles. The molecule has 0 aliphatic heterocycles. The van der Waals surface area contributed by atoms with E-state index in [2.05, 4.69) is 16.9 Å². The molecule has 0 saturated carbocycles. The first-order valence-electron chi connectivity index (χ1n) is 6.83. The van der Waals surface area contributed by atoms with Crippen molar-refractivity contribution in [2.75, 3.05) is 7.05 Å². The lowest BCUT2D eigenvalue weighted by Gasteiger charge is -2.16. The van der Waals surface area contributed by atoms with Gasteiger partial charge in [0.1, 0.15) is 5.82 Å². The number of unbranched alkanes of at least 4 members (excludes halogenated alkanes) is 1. The summed E-state index contributed by atoms with van der Waals surface area (Å²) in [6.45, 7) is 2.37. The number of aromatic amines is 1. The Hall–Kier alpha value is -2.17. The van der Waals surface area contributed by atoms with Crippen molar-refractivity contribution in [2.24, 2.45) is 0 Å². The van der Waals surface area contributed by atoms with Crippen LogP contribution in [0.1, 0.15) is 32.0 Å². The Morgan fingerprint density at radius 2 is 2.10 bits per heavy atom. The second-order valence-electron chi connectivity index (χ2n) is 4.88. The molecule has 0 fully saturated rings. The van der Waals surface area contributed by atoms with Crippen LogP contribution >= 0.6 is 0 Å². The number of para-hydroxylation sites is 1. The molecule has 0 unspecified atom stereocenters. The van der Waals surface area contributed by atoms with E-state index in [1.807, 2.05) is 6.07 Å². The molecular formula is C15H19N3O2. The maximum atomic E-state index is 11.9. The molecule has 1 N–H and O–H groups in total. The standard InChI is InChI=1S/C15H19N3O2/c1-3-4-9-14(19)18(2)10-13-16-12-8-6-5-7-11(12)15(20)17-13/h5-8H,3-4,9-10H2,1-2H3,(H,16,17,20). The van der Waals surface area contributed by atoms with Gasteiger partial charge in [0, 0.05) is 13.5 Å². The minimum atomic E-state index is -0.167. The highest BCUT2D eigenvalue weighted by molar-refractivity contribution is 5.77. The van der Waals surface area contributed by atoms with E-state index in [-0.39, 0.29) is 11.5 Å². The van der Waals surface area contributed by atoms with Crippen molar-refractivity contribution in [1.82, 2.24) is 14.9 Å². The molecule has 5 nitrogen and oxygen atoms in total. The molecule has 5 heteroatoms. The van der Waals surface area contributed by atoms with E-state index >= 15 is 0 Å². The summed E-state index contributed by atoms with van der Waals surface area (Å²) in [5.41, 5.74) is 0.487. The third kappa shape index (κ3) is 3.23. The average Bonchev–Trinajstić information content (AvgIpc) is 2.44. The zero-order chi connectivity index (χ0) is 14.5. The zero-order valence-electron chi connectivity index (χ0n) is 11.8. The monoisotopic (exact) mass is 273 g/mol. The highest BCUT2D eigenvalue weighted by Gasteiger charge is 2.11. The number of H-pyrrole nitrogens is 1. The molecule has 106 valence electrons. The van der Waals surface area contributed by atoms with Crippen LogP contribution < -0.4 is 5.56 Å². The van der Waals surface area contributed by atoms with Crippen LogP contribution in [0.5, 0.6) is 0 Å². The maximum Gasteiger partial charge on any atom is 0.258 e. The van der Waals surface area contributed by atoms with Gasteiger partial charge in [0.15, 0.2) is 0 Å². The fourth-order valence-electron chi connectivity index (χ4n) is 2.04. The van der Waals surface area contributed by atoms with Crippen molar-refractivity contribution in [3.8, 4) is 0 Å². The van der Waals surface area contributed by atoms with Crippen LogP contribution in [-0.4, -0.2) is 27.8 Å². The molecule has 1 aromatic carbocycles. The molecule has 0 bridgehead atoms. The van der Waals surface area contributed by atoms with E-state index in [1.54, 1.807) is 30.1 Å². The van der Waals surface area contributed by atoms with Crippen LogP contribution in [0.3, 0.4) is 0 Å². The second-order valence-corrected chi connectivity index (χ2v) is 4.88. The van der Waals surface area contributed by atoms with Crippen molar-refractivity contribution in [3.63, 3.8) is 0 Å². The normalized spacial score (nSPS) is 10.7. The summed E-state index contributed by atoms with van der Waals surface area (Å²) in [4.78, 5) is 32.5. The van der Waals surface area contributed by atoms with Crippen molar-refractivity contribution >= 4 is 16.8 Å². The Bertz CT molecular complexity index is 663. The molecule has 0 atom stereocenters. The lowest BCUT2D eigenvalue weighted by atomic mass is 10.2. The smallest absolute Gasteiger partial charge is 0.258 e. The molecule has 0 spiro atoms. The van der Waals surface area contributed by atoms with Gasteiger partial charge in [-0.15, -0.1) is 0 Å². The number of hydrogen-bond donors (Lipinski definition) is 1. The Morgan fingerprint density at radius 3 is 2.85 bits per heavy atom. The molecule has 1 amide bonds. The predicted octanol–water partition coefficient (Wildman–Crippen LogP) is 2.07. The summed E-state index contributed by atoms with van der Waals surface area (Å²) in [5.74, 6) is 0.587. The topological polar surface area (TPSA) is 66.1 Å². The lowest BCUT2D eigenvalue weighted by Crippen LogP contribution is -2.28. The third-order valence-corrected chi connectivity index (χ3v) is 3.22. The van der Waals surface area contributed by atoms with E-state index in [9.17, 15) is 9.59 Å². The highest BCUT2D eigenvalue weighted by atomic mass is 16.2. The van der Waals surface area contributed by atoms with Crippen LogP contribution in [0, 0.1) is 0 Å². The summed E-state index contributed by atoms with van der Waals surface area (Å²) in [5, 5.41) is 0.566. The van der Waals surface area contributed by atoms with E-state index in [4.69, 9.17) is 0 Å². The van der Waals surface area contributed by atoms with Crippen molar-refractivity contribution < 1.29 is 4.79 Å². The maximum absolute atomic E-state index is 11.9. The summed E-state index contributed by atoms with van der Waals surface area (Å²) in [6, 6.07) is 7.18. The van der Waals surface area contributed by atoms with E-state index in [0.29, 0.717) is 29.7 Å². The molecule has 2 rings (SSSR count). The molecular weight excluding hydrogens is 254 g/mol. The van der Waals surface area contributed by atoms with Crippen LogP contribution in [0.25, 0.3) is 10.9 Å². The minimum Gasteiger partial charge on any atom is -0.338 e. The van der Waals surface area contributed by atoms with Crippen LogP contribution in [0.4, 0.5) is 0 Å². The van der Waals surface area contributed by atoms with Crippen LogP contribution in [-0.2, 0) is 11.3 Å². The molecule has 0 radical (unpaired) electrons. The highest BCUT2D eigenvalue weighted by Crippen LogP contribution is 2.07. The van der Waals surface area contributed by atoms with Crippen molar-refractivity contribution in [1.29, 1.82) is 0 Å². The number of amides is 1. The number of nitrogens with one attached hydrogen (secondary N) is 1. The molecule has 0 aliphatic rings. The number of benzene rings is 1. The Labute approximate surface area is 117 Å². The number of carbonyl (C=O) groups excluding carboxylic acids is 1. The third-order valence-electron chi connectivity index (χ3n) is 3.22. The summed E-state index contributed by atoms with van der Waals surface area (Å²) in [7, 11) is 1.73. The number of nitrogens with zero attached hydrogens (tertiary/aromatic N) is 2. The van der Waals surface area contributed by atoms with Crippen LogP contribution in [0.2, 0.25) is 0 Å². The number of rotatable bonds is 5. The second kappa shape index (κ2) is 6.32. The first-order valence-corrected chi connectivity index (χ1v) is 6.83.